The molecule has 0 spiro atoms. The maximum absolute atomic E-state index is 12.3. The van der Waals surface area contributed by atoms with E-state index in [0.29, 0.717) is 28.2 Å². The van der Waals surface area contributed by atoms with Gasteiger partial charge in [0.05, 0.1) is 31.4 Å². The number of benzene rings is 2. The first kappa shape index (κ1) is 18.8. The van der Waals surface area contributed by atoms with E-state index in [9.17, 15) is 4.79 Å². The number of hydrogen-bond donors (Lipinski definition) is 1. The SMILES string of the molecule is CCOc1ccc(N=C2NC(=O)C(=Cc3ccc(OC)cc3OC)S2)cc1. The number of amidine groups is 1. The van der Waals surface area contributed by atoms with Crippen LogP contribution < -0.4 is 19.5 Å². The maximum atomic E-state index is 12.3. The number of nitrogens with zero attached hydrogens (tertiary/aromatic N) is 1. The highest BCUT2D eigenvalue weighted by molar-refractivity contribution is 8.18. The molecule has 1 N–H and O–H groups in total. The number of nitrogens with one attached hydrogen (secondary N) is 1. The van der Waals surface area contributed by atoms with Gasteiger partial charge in [0.25, 0.3) is 5.91 Å². The summed E-state index contributed by atoms with van der Waals surface area (Å²) in [5.41, 5.74) is 1.53. The number of amides is 1. The van der Waals surface area contributed by atoms with Crippen LogP contribution in [0.25, 0.3) is 6.08 Å². The van der Waals surface area contributed by atoms with Gasteiger partial charge in [0.15, 0.2) is 5.17 Å². The molecule has 0 unspecified atom stereocenters. The number of thioether (sulfide) groups is 1. The van der Waals surface area contributed by atoms with Gasteiger partial charge in [-0.25, -0.2) is 4.99 Å². The van der Waals surface area contributed by atoms with Crippen molar-refractivity contribution in [3.8, 4) is 17.2 Å². The topological polar surface area (TPSA) is 69.2 Å². The number of ether oxygens (including phenoxy) is 3. The molecule has 3 rings (SSSR count). The zero-order chi connectivity index (χ0) is 19.2. The van der Waals surface area contributed by atoms with E-state index >= 15 is 0 Å². The quantitative estimate of drug-likeness (QED) is 0.763. The Hall–Kier alpha value is -2.93. The molecule has 1 aliphatic rings. The maximum Gasteiger partial charge on any atom is 0.264 e. The predicted octanol–water partition coefficient (Wildman–Crippen LogP) is 3.99. The van der Waals surface area contributed by atoms with Crippen LogP contribution >= 0.6 is 11.8 Å². The molecule has 0 radical (unpaired) electrons. The number of aliphatic imine (C=N–C) groups is 1. The van der Waals surface area contributed by atoms with Crippen molar-refractivity contribution in [2.45, 2.75) is 6.92 Å². The van der Waals surface area contributed by atoms with E-state index in [1.165, 1.54) is 11.8 Å². The molecule has 7 heteroatoms. The normalized spacial score (nSPS) is 16.5. The number of methoxy groups -OCH3 is 2. The largest absolute Gasteiger partial charge is 0.497 e. The van der Waals surface area contributed by atoms with Gasteiger partial charge >= 0.3 is 0 Å². The first-order chi connectivity index (χ1) is 13.1. The standard InChI is InChI=1S/C20H20N2O4S/c1-4-26-15-9-6-14(7-10-15)21-20-22-19(23)18(27-20)11-13-5-8-16(24-2)12-17(13)25-3/h5-12H,4H2,1-3H3,(H,21,22,23). The minimum absolute atomic E-state index is 0.192. The lowest BCUT2D eigenvalue weighted by molar-refractivity contribution is -0.115. The van der Waals surface area contributed by atoms with E-state index in [4.69, 9.17) is 14.2 Å². The fourth-order valence-electron chi connectivity index (χ4n) is 2.46. The second-order valence-corrected chi connectivity index (χ2v) is 6.55. The van der Waals surface area contributed by atoms with Gasteiger partial charge in [0, 0.05) is 11.6 Å². The van der Waals surface area contributed by atoms with Crippen LogP contribution in [0.5, 0.6) is 17.2 Å². The van der Waals surface area contributed by atoms with Crippen molar-refractivity contribution in [3.05, 3.63) is 52.9 Å². The summed E-state index contributed by atoms with van der Waals surface area (Å²) in [6.45, 7) is 2.55. The Morgan fingerprint density at radius 3 is 2.48 bits per heavy atom. The summed E-state index contributed by atoms with van der Waals surface area (Å²) in [4.78, 5) is 17.3. The summed E-state index contributed by atoms with van der Waals surface area (Å²) < 4.78 is 16.0. The molecule has 2 aromatic rings. The van der Waals surface area contributed by atoms with E-state index in [1.54, 1.807) is 26.4 Å². The lowest BCUT2D eigenvalue weighted by Crippen LogP contribution is -2.19. The van der Waals surface area contributed by atoms with Gasteiger partial charge in [-0.3, -0.25) is 4.79 Å². The highest BCUT2D eigenvalue weighted by Gasteiger charge is 2.24. The molecular weight excluding hydrogens is 364 g/mol. The van der Waals surface area contributed by atoms with Gasteiger partial charge < -0.3 is 19.5 Å². The van der Waals surface area contributed by atoms with Crippen LogP contribution in [0.15, 0.2) is 52.4 Å². The van der Waals surface area contributed by atoms with Crippen LogP contribution in [0.3, 0.4) is 0 Å². The molecular formula is C20H20N2O4S. The molecule has 0 aromatic heterocycles. The number of hydrogen-bond acceptors (Lipinski definition) is 6. The van der Waals surface area contributed by atoms with Gasteiger partial charge in [0.2, 0.25) is 0 Å². The summed E-state index contributed by atoms with van der Waals surface area (Å²) in [7, 11) is 3.17. The Morgan fingerprint density at radius 1 is 1.07 bits per heavy atom. The van der Waals surface area contributed by atoms with Crippen LogP contribution in [0.2, 0.25) is 0 Å². The third-order valence-electron chi connectivity index (χ3n) is 3.76. The number of carbonyl (C=O) groups is 1. The Bertz CT molecular complexity index is 891. The summed E-state index contributed by atoms with van der Waals surface area (Å²) in [6.07, 6.45) is 1.78. The molecule has 27 heavy (non-hydrogen) atoms. The molecule has 2 aromatic carbocycles. The van der Waals surface area contributed by atoms with Crippen LogP contribution in [0.4, 0.5) is 5.69 Å². The molecule has 1 heterocycles. The third kappa shape index (κ3) is 4.62. The van der Waals surface area contributed by atoms with Crippen molar-refractivity contribution in [2.24, 2.45) is 4.99 Å². The summed E-state index contributed by atoms with van der Waals surface area (Å²) in [5, 5.41) is 3.31. The molecule has 1 saturated heterocycles. The minimum atomic E-state index is -0.192. The van der Waals surface area contributed by atoms with E-state index in [1.807, 2.05) is 43.3 Å². The molecule has 1 aliphatic heterocycles. The highest BCUT2D eigenvalue weighted by atomic mass is 32.2. The number of rotatable bonds is 6. The molecule has 0 saturated carbocycles. The molecule has 140 valence electrons. The molecule has 0 atom stereocenters. The molecule has 6 nitrogen and oxygen atoms in total. The van der Waals surface area contributed by atoms with Crippen LogP contribution in [0.1, 0.15) is 12.5 Å². The van der Waals surface area contributed by atoms with E-state index < -0.39 is 0 Å². The van der Waals surface area contributed by atoms with Gasteiger partial charge in [0.1, 0.15) is 17.2 Å². The Labute approximate surface area is 162 Å². The van der Waals surface area contributed by atoms with Crippen LogP contribution in [-0.2, 0) is 4.79 Å². The Kier molecular flexibility index (Phi) is 6.03. The summed E-state index contributed by atoms with van der Waals surface area (Å²) in [5.74, 6) is 1.92. The van der Waals surface area contributed by atoms with Gasteiger partial charge in [-0.15, -0.1) is 0 Å². The van der Waals surface area contributed by atoms with Gasteiger partial charge in [-0.1, -0.05) is 0 Å². The van der Waals surface area contributed by atoms with Crippen molar-refractivity contribution in [1.29, 1.82) is 0 Å². The monoisotopic (exact) mass is 384 g/mol. The van der Waals surface area contributed by atoms with E-state index in [0.717, 1.165) is 17.0 Å². The molecule has 0 aliphatic carbocycles. The number of carbonyl (C=O) groups excluding carboxylic acids is 1. The fraction of sp³-hybridized carbons (Fsp3) is 0.200. The van der Waals surface area contributed by atoms with Crippen LogP contribution in [0, 0.1) is 0 Å². The van der Waals surface area contributed by atoms with Gasteiger partial charge in [-0.2, -0.15) is 0 Å². The third-order valence-corrected chi connectivity index (χ3v) is 4.67. The van der Waals surface area contributed by atoms with Crippen molar-refractivity contribution in [1.82, 2.24) is 5.32 Å². The lowest BCUT2D eigenvalue weighted by atomic mass is 10.1. The van der Waals surface area contributed by atoms with Crippen molar-refractivity contribution >= 4 is 34.6 Å². The minimum Gasteiger partial charge on any atom is -0.497 e. The van der Waals surface area contributed by atoms with Crippen molar-refractivity contribution in [3.63, 3.8) is 0 Å². The zero-order valence-electron chi connectivity index (χ0n) is 15.3. The molecule has 0 bridgehead atoms. The molecule has 1 fully saturated rings. The summed E-state index contributed by atoms with van der Waals surface area (Å²) >= 11 is 1.28. The predicted molar refractivity (Wildman–Crippen MR) is 108 cm³/mol. The van der Waals surface area contributed by atoms with Crippen LogP contribution in [-0.4, -0.2) is 31.9 Å². The average molecular weight is 384 g/mol. The van der Waals surface area contributed by atoms with E-state index in [2.05, 4.69) is 10.3 Å². The first-order valence-corrected chi connectivity index (χ1v) is 9.19. The van der Waals surface area contributed by atoms with E-state index in [-0.39, 0.29) is 5.91 Å². The fourth-order valence-corrected chi connectivity index (χ4v) is 3.29. The second-order valence-electron chi connectivity index (χ2n) is 5.52. The first-order valence-electron chi connectivity index (χ1n) is 8.37. The second kappa shape index (κ2) is 8.64. The van der Waals surface area contributed by atoms with Crippen molar-refractivity contribution in [2.75, 3.05) is 20.8 Å². The smallest absolute Gasteiger partial charge is 0.264 e. The average Bonchev–Trinajstić information content (AvgIpc) is 3.02. The lowest BCUT2D eigenvalue weighted by Gasteiger charge is -2.07. The Balaban J connectivity index is 1.80. The molecule has 1 amide bonds. The van der Waals surface area contributed by atoms with Gasteiger partial charge in [-0.05, 0) is 61.2 Å². The highest BCUT2D eigenvalue weighted by Crippen LogP contribution is 2.32. The Morgan fingerprint density at radius 2 is 1.81 bits per heavy atom. The zero-order valence-corrected chi connectivity index (χ0v) is 16.1. The summed E-state index contributed by atoms with van der Waals surface area (Å²) in [6, 6.07) is 12.8. The van der Waals surface area contributed by atoms with Crippen molar-refractivity contribution < 1.29 is 19.0 Å².